The summed E-state index contributed by atoms with van der Waals surface area (Å²) in [5.74, 6) is 0. The van der Waals surface area contributed by atoms with Gasteiger partial charge in [0.1, 0.15) is 6.04 Å². The van der Waals surface area contributed by atoms with Crippen molar-refractivity contribution in [3.8, 4) is 6.07 Å². The highest BCUT2D eigenvalue weighted by Crippen LogP contribution is 2.38. The molecule has 1 unspecified atom stereocenters. The van der Waals surface area contributed by atoms with Crippen molar-refractivity contribution < 1.29 is 26.3 Å². The standard InChI is InChI=1S/C22H20ClF3N4O3S/c23-17-4-1-15(2-5-17)13-29-14-19(18-6-3-16(12-27)11-20(18)29)21(22(24,25)26)28-34(31,32)30-7-9-33-10-8-30/h1-6,11,14,21,28H,7-10,13H2. The third-order valence-electron chi connectivity index (χ3n) is 5.52. The lowest BCUT2D eigenvalue weighted by atomic mass is 10.0. The van der Waals surface area contributed by atoms with E-state index in [1.54, 1.807) is 28.8 Å². The van der Waals surface area contributed by atoms with Crippen LogP contribution in [0.2, 0.25) is 5.02 Å². The number of ether oxygens (including phenoxy) is 1. The molecule has 1 fully saturated rings. The van der Waals surface area contributed by atoms with E-state index in [1.807, 2.05) is 10.8 Å². The van der Waals surface area contributed by atoms with Gasteiger partial charge in [0.2, 0.25) is 0 Å². The van der Waals surface area contributed by atoms with Crippen LogP contribution in [0.5, 0.6) is 0 Å². The van der Waals surface area contributed by atoms with Crippen LogP contribution in [-0.2, 0) is 21.5 Å². The Morgan fingerprint density at radius 3 is 2.44 bits per heavy atom. The van der Waals surface area contributed by atoms with E-state index in [2.05, 4.69) is 0 Å². The summed E-state index contributed by atoms with van der Waals surface area (Å²) >= 11 is 5.93. The van der Waals surface area contributed by atoms with Gasteiger partial charge in [-0.05, 0) is 29.8 Å². The molecule has 2 heterocycles. The highest BCUT2D eigenvalue weighted by molar-refractivity contribution is 7.87. The van der Waals surface area contributed by atoms with E-state index in [4.69, 9.17) is 16.3 Å². The Morgan fingerprint density at radius 2 is 1.82 bits per heavy atom. The van der Waals surface area contributed by atoms with Crippen molar-refractivity contribution in [3.05, 3.63) is 70.4 Å². The maximum atomic E-state index is 14.2. The molecule has 1 aromatic heterocycles. The Kier molecular flexibility index (Phi) is 6.89. The van der Waals surface area contributed by atoms with E-state index in [0.29, 0.717) is 10.5 Å². The van der Waals surface area contributed by atoms with Crippen molar-refractivity contribution in [1.29, 1.82) is 5.26 Å². The van der Waals surface area contributed by atoms with Crippen LogP contribution in [0, 0.1) is 11.3 Å². The summed E-state index contributed by atoms with van der Waals surface area (Å²) in [5.41, 5.74) is 1.17. The summed E-state index contributed by atoms with van der Waals surface area (Å²) in [6, 6.07) is 10.6. The smallest absolute Gasteiger partial charge is 0.379 e. The van der Waals surface area contributed by atoms with Gasteiger partial charge in [-0.25, -0.2) is 0 Å². The van der Waals surface area contributed by atoms with E-state index >= 15 is 0 Å². The van der Waals surface area contributed by atoms with Gasteiger partial charge in [0.15, 0.2) is 0 Å². The second-order valence-corrected chi connectivity index (χ2v) is 9.93. The number of rotatable bonds is 6. The Balaban J connectivity index is 1.79. The van der Waals surface area contributed by atoms with Crippen LogP contribution in [0.15, 0.2) is 48.7 Å². The van der Waals surface area contributed by atoms with E-state index in [0.717, 1.165) is 9.87 Å². The molecule has 1 saturated heterocycles. The second-order valence-electron chi connectivity index (χ2n) is 7.79. The van der Waals surface area contributed by atoms with Crippen molar-refractivity contribution in [2.75, 3.05) is 26.3 Å². The number of alkyl halides is 3. The van der Waals surface area contributed by atoms with Crippen molar-refractivity contribution in [3.63, 3.8) is 0 Å². The quantitative estimate of drug-likeness (QED) is 0.541. The maximum Gasteiger partial charge on any atom is 0.409 e. The summed E-state index contributed by atoms with van der Waals surface area (Å²) in [6.45, 7) is 0.334. The topological polar surface area (TPSA) is 87.4 Å². The van der Waals surface area contributed by atoms with Gasteiger partial charge in [0, 0.05) is 47.3 Å². The number of benzene rings is 2. The highest BCUT2D eigenvalue weighted by atomic mass is 35.5. The van der Waals surface area contributed by atoms with E-state index < -0.39 is 22.4 Å². The molecule has 0 aliphatic carbocycles. The fourth-order valence-corrected chi connectivity index (χ4v) is 5.32. The molecule has 2 aromatic carbocycles. The van der Waals surface area contributed by atoms with Crippen molar-refractivity contribution in [1.82, 2.24) is 13.6 Å². The van der Waals surface area contributed by atoms with Gasteiger partial charge in [-0.15, -0.1) is 0 Å². The molecule has 7 nitrogen and oxygen atoms in total. The first-order valence-corrected chi connectivity index (χ1v) is 12.1. The van der Waals surface area contributed by atoms with Crippen LogP contribution in [0.25, 0.3) is 10.9 Å². The molecular formula is C22H20ClF3N4O3S. The minimum atomic E-state index is -4.91. The van der Waals surface area contributed by atoms with Gasteiger partial charge in [-0.3, -0.25) is 0 Å². The molecule has 1 aliphatic heterocycles. The van der Waals surface area contributed by atoms with Gasteiger partial charge < -0.3 is 9.30 Å². The van der Waals surface area contributed by atoms with Crippen LogP contribution < -0.4 is 4.72 Å². The maximum absolute atomic E-state index is 14.2. The van der Waals surface area contributed by atoms with Gasteiger partial charge in [-0.2, -0.15) is 35.9 Å². The minimum Gasteiger partial charge on any atom is -0.379 e. The predicted molar refractivity (Wildman–Crippen MR) is 120 cm³/mol. The molecule has 12 heteroatoms. The van der Waals surface area contributed by atoms with Crippen molar-refractivity contribution >= 4 is 32.7 Å². The fraction of sp³-hybridized carbons (Fsp3) is 0.318. The first kappa shape index (κ1) is 24.5. The lowest BCUT2D eigenvalue weighted by Gasteiger charge is -2.29. The average molecular weight is 513 g/mol. The number of nitrogens with zero attached hydrogens (tertiary/aromatic N) is 3. The van der Waals surface area contributed by atoms with Crippen LogP contribution in [0.4, 0.5) is 13.2 Å². The minimum absolute atomic E-state index is 0.0379. The number of hydrogen-bond donors (Lipinski definition) is 1. The normalized spacial score (nSPS) is 16.4. The summed E-state index contributed by atoms with van der Waals surface area (Å²) in [6.07, 6.45) is -3.63. The lowest BCUT2D eigenvalue weighted by molar-refractivity contribution is -0.153. The first-order valence-electron chi connectivity index (χ1n) is 10.3. The number of aromatic nitrogens is 1. The Bertz CT molecular complexity index is 1330. The van der Waals surface area contributed by atoms with Crippen LogP contribution in [-0.4, -0.2) is 49.8 Å². The Hall–Kier alpha value is -2.62. The van der Waals surface area contributed by atoms with Gasteiger partial charge in [0.25, 0.3) is 10.2 Å². The molecule has 4 rings (SSSR count). The highest BCUT2D eigenvalue weighted by Gasteiger charge is 2.45. The lowest BCUT2D eigenvalue weighted by Crippen LogP contribution is -2.49. The fourth-order valence-electron chi connectivity index (χ4n) is 3.85. The van der Waals surface area contributed by atoms with Crippen molar-refractivity contribution in [2.45, 2.75) is 18.8 Å². The van der Waals surface area contributed by atoms with Crippen LogP contribution in [0.1, 0.15) is 22.7 Å². The van der Waals surface area contributed by atoms with Crippen LogP contribution in [0.3, 0.4) is 0 Å². The molecule has 34 heavy (non-hydrogen) atoms. The Labute approximate surface area is 199 Å². The van der Waals surface area contributed by atoms with E-state index in [1.165, 1.54) is 24.4 Å². The number of fused-ring (bicyclic) bond motifs is 1. The largest absolute Gasteiger partial charge is 0.409 e. The second kappa shape index (κ2) is 9.56. The van der Waals surface area contributed by atoms with Gasteiger partial charge in [-0.1, -0.05) is 29.8 Å². The first-order chi connectivity index (χ1) is 16.1. The predicted octanol–water partition coefficient (Wildman–Crippen LogP) is 3.98. The molecule has 3 aromatic rings. The van der Waals surface area contributed by atoms with Crippen molar-refractivity contribution in [2.24, 2.45) is 0 Å². The SMILES string of the molecule is N#Cc1ccc2c(C(NS(=O)(=O)N3CCOCC3)C(F)(F)F)cn(Cc3ccc(Cl)cc3)c2c1. The third kappa shape index (κ3) is 5.21. The summed E-state index contributed by atoms with van der Waals surface area (Å²) in [7, 11) is -4.44. The number of morpholine rings is 1. The van der Waals surface area contributed by atoms with E-state index in [-0.39, 0.29) is 49.4 Å². The molecular weight excluding hydrogens is 493 g/mol. The molecule has 0 saturated carbocycles. The zero-order chi connectivity index (χ0) is 24.5. The monoisotopic (exact) mass is 512 g/mol. The van der Waals surface area contributed by atoms with Gasteiger partial charge in [0.05, 0.1) is 24.8 Å². The molecule has 180 valence electrons. The molecule has 0 bridgehead atoms. The number of nitrogens with one attached hydrogen (secondary N) is 1. The Morgan fingerprint density at radius 1 is 1.15 bits per heavy atom. The average Bonchev–Trinajstić information content (AvgIpc) is 3.16. The van der Waals surface area contributed by atoms with E-state index in [9.17, 15) is 26.9 Å². The summed E-state index contributed by atoms with van der Waals surface area (Å²) < 4.78 is 77.6. The summed E-state index contributed by atoms with van der Waals surface area (Å²) in [4.78, 5) is 0. The van der Waals surface area contributed by atoms with Gasteiger partial charge >= 0.3 is 6.18 Å². The number of halogens is 4. The zero-order valence-corrected chi connectivity index (χ0v) is 19.3. The molecule has 0 amide bonds. The molecule has 0 spiro atoms. The zero-order valence-electron chi connectivity index (χ0n) is 17.7. The number of nitriles is 1. The van der Waals surface area contributed by atoms with Crippen LogP contribution >= 0.6 is 11.6 Å². The third-order valence-corrected chi connectivity index (χ3v) is 7.35. The molecule has 0 radical (unpaired) electrons. The molecule has 1 N–H and O–H groups in total. The molecule has 1 aliphatic rings. The number of hydrogen-bond acceptors (Lipinski definition) is 4. The summed E-state index contributed by atoms with van der Waals surface area (Å²) in [5, 5.41) is 10.0. The molecule has 1 atom stereocenters.